The number of anilines is 1. The van der Waals surface area contributed by atoms with Gasteiger partial charge in [0.05, 0.1) is 12.3 Å². The molecule has 0 radical (unpaired) electrons. The van der Waals surface area contributed by atoms with E-state index in [0.717, 1.165) is 22.8 Å². The SMILES string of the molecule is Cc1ccc(NCc2nnc(SCC(=O)NCc3ccccc3)n2-c2ccc(Cl)cc2)cc1. The van der Waals surface area contributed by atoms with Crippen molar-refractivity contribution in [2.45, 2.75) is 25.2 Å². The van der Waals surface area contributed by atoms with Crippen LogP contribution in [0, 0.1) is 6.92 Å². The third-order valence-corrected chi connectivity index (χ3v) is 6.13. The summed E-state index contributed by atoms with van der Waals surface area (Å²) in [4.78, 5) is 12.4. The summed E-state index contributed by atoms with van der Waals surface area (Å²) in [5, 5.41) is 16.4. The van der Waals surface area contributed by atoms with Gasteiger partial charge in [-0.3, -0.25) is 9.36 Å². The van der Waals surface area contributed by atoms with E-state index in [9.17, 15) is 4.79 Å². The van der Waals surface area contributed by atoms with Gasteiger partial charge in [0.1, 0.15) is 0 Å². The van der Waals surface area contributed by atoms with Crippen molar-refractivity contribution in [1.29, 1.82) is 0 Å². The van der Waals surface area contributed by atoms with E-state index in [4.69, 9.17) is 11.6 Å². The van der Waals surface area contributed by atoms with Crippen molar-refractivity contribution < 1.29 is 4.79 Å². The van der Waals surface area contributed by atoms with Crippen LogP contribution < -0.4 is 10.6 Å². The summed E-state index contributed by atoms with van der Waals surface area (Å²) in [5.41, 5.74) is 4.15. The average Bonchev–Trinajstić information content (AvgIpc) is 3.25. The van der Waals surface area contributed by atoms with Crippen molar-refractivity contribution in [1.82, 2.24) is 20.1 Å². The highest BCUT2D eigenvalue weighted by Gasteiger charge is 2.16. The standard InChI is InChI=1S/C25H24ClN5OS/c1-18-7-11-21(12-8-18)27-16-23-29-30-25(31(23)22-13-9-20(26)10-14-22)33-17-24(32)28-15-19-5-3-2-4-6-19/h2-14,27H,15-17H2,1H3,(H,28,32). The van der Waals surface area contributed by atoms with Gasteiger partial charge < -0.3 is 10.6 Å². The Morgan fingerprint density at radius 3 is 2.39 bits per heavy atom. The molecule has 0 spiro atoms. The number of hydrogen-bond donors (Lipinski definition) is 2. The van der Waals surface area contributed by atoms with Gasteiger partial charge >= 0.3 is 0 Å². The molecule has 33 heavy (non-hydrogen) atoms. The Labute approximate surface area is 202 Å². The van der Waals surface area contributed by atoms with Gasteiger partial charge in [-0.1, -0.05) is 71.4 Å². The lowest BCUT2D eigenvalue weighted by molar-refractivity contribution is -0.118. The Morgan fingerprint density at radius 1 is 0.939 bits per heavy atom. The first kappa shape index (κ1) is 22.9. The van der Waals surface area contributed by atoms with Crippen LogP contribution in [0.4, 0.5) is 5.69 Å². The largest absolute Gasteiger partial charge is 0.378 e. The lowest BCUT2D eigenvalue weighted by Gasteiger charge is -2.12. The van der Waals surface area contributed by atoms with E-state index in [1.807, 2.05) is 71.3 Å². The van der Waals surface area contributed by atoms with Crippen LogP contribution in [0.15, 0.2) is 84.0 Å². The monoisotopic (exact) mass is 477 g/mol. The maximum absolute atomic E-state index is 12.4. The number of carbonyl (C=O) groups excluding carboxylic acids is 1. The van der Waals surface area contributed by atoms with Crippen LogP contribution in [-0.4, -0.2) is 26.4 Å². The fraction of sp³-hybridized carbons (Fsp3) is 0.160. The minimum atomic E-state index is -0.0613. The summed E-state index contributed by atoms with van der Waals surface area (Å²) in [6, 6.07) is 25.5. The number of nitrogens with zero attached hydrogens (tertiary/aromatic N) is 3. The van der Waals surface area contributed by atoms with Gasteiger partial charge in [-0.25, -0.2) is 0 Å². The molecular formula is C25H24ClN5OS. The molecule has 8 heteroatoms. The highest BCUT2D eigenvalue weighted by Crippen LogP contribution is 2.24. The molecule has 0 bridgehead atoms. The lowest BCUT2D eigenvalue weighted by atomic mass is 10.2. The molecule has 3 aromatic carbocycles. The second-order valence-corrected chi connectivity index (χ2v) is 8.86. The van der Waals surface area contributed by atoms with Crippen LogP contribution in [0.3, 0.4) is 0 Å². The first-order chi connectivity index (χ1) is 16.1. The van der Waals surface area contributed by atoms with Crippen molar-refractivity contribution in [2.24, 2.45) is 0 Å². The van der Waals surface area contributed by atoms with Crippen molar-refractivity contribution >= 4 is 35.0 Å². The minimum Gasteiger partial charge on any atom is -0.378 e. The Morgan fingerprint density at radius 2 is 1.67 bits per heavy atom. The van der Waals surface area contributed by atoms with Crippen LogP contribution in [0.1, 0.15) is 17.0 Å². The number of aryl methyl sites for hydroxylation is 1. The van der Waals surface area contributed by atoms with E-state index in [-0.39, 0.29) is 11.7 Å². The molecule has 0 atom stereocenters. The van der Waals surface area contributed by atoms with Crippen LogP contribution in [-0.2, 0) is 17.9 Å². The first-order valence-electron chi connectivity index (χ1n) is 10.5. The Balaban J connectivity index is 1.46. The molecule has 4 rings (SSSR count). The fourth-order valence-corrected chi connectivity index (χ4v) is 4.11. The van der Waals surface area contributed by atoms with Crippen molar-refractivity contribution in [3.8, 4) is 5.69 Å². The lowest BCUT2D eigenvalue weighted by Crippen LogP contribution is -2.24. The normalized spacial score (nSPS) is 10.7. The number of nitrogens with one attached hydrogen (secondary N) is 2. The van der Waals surface area contributed by atoms with Gasteiger partial charge in [0.15, 0.2) is 11.0 Å². The molecule has 1 aromatic heterocycles. The van der Waals surface area contributed by atoms with Crippen molar-refractivity contribution in [3.63, 3.8) is 0 Å². The van der Waals surface area contributed by atoms with E-state index < -0.39 is 0 Å². The molecule has 1 heterocycles. The van der Waals surface area contributed by atoms with Crippen molar-refractivity contribution in [3.05, 3.63) is 101 Å². The molecule has 4 aromatic rings. The second-order valence-electron chi connectivity index (χ2n) is 7.48. The second kappa shape index (κ2) is 11.0. The zero-order valence-electron chi connectivity index (χ0n) is 18.2. The van der Waals surface area contributed by atoms with Gasteiger partial charge in [0.25, 0.3) is 0 Å². The summed E-state index contributed by atoms with van der Waals surface area (Å²) in [5.74, 6) is 0.920. The van der Waals surface area contributed by atoms with Gasteiger partial charge in [-0.15, -0.1) is 10.2 Å². The molecule has 168 valence electrons. The zero-order chi connectivity index (χ0) is 23.0. The van der Waals surface area contributed by atoms with Gasteiger partial charge in [0, 0.05) is 22.9 Å². The number of benzene rings is 3. The van der Waals surface area contributed by atoms with Gasteiger partial charge in [0.2, 0.25) is 5.91 Å². The predicted octanol–water partition coefficient (Wildman–Crippen LogP) is 5.25. The number of halogens is 1. The van der Waals surface area contributed by atoms with E-state index in [0.29, 0.717) is 23.3 Å². The first-order valence-corrected chi connectivity index (χ1v) is 11.9. The average molecular weight is 478 g/mol. The van der Waals surface area contributed by atoms with Crippen LogP contribution in [0.2, 0.25) is 5.02 Å². The number of carbonyl (C=O) groups is 1. The molecule has 0 fully saturated rings. The third kappa shape index (κ3) is 6.37. The molecular weight excluding hydrogens is 454 g/mol. The zero-order valence-corrected chi connectivity index (χ0v) is 19.7. The molecule has 1 amide bonds. The fourth-order valence-electron chi connectivity index (χ4n) is 3.19. The molecule has 0 aliphatic carbocycles. The maximum atomic E-state index is 12.4. The van der Waals surface area contributed by atoms with Crippen LogP contribution >= 0.6 is 23.4 Å². The van der Waals surface area contributed by atoms with Gasteiger partial charge in [-0.05, 0) is 48.9 Å². The Hall–Kier alpha value is -3.29. The highest BCUT2D eigenvalue weighted by atomic mass is 35.5. The number of aromatic nitrogens is 3. The molecule has 6 nitrogen and oxygen atoms in total. The van der Waals surface area contributed by atoms with E-state index >= 15 is 0 Å². The summed E-state index contributed by atoms with van der Waals surface area (Å²) in [7, 11) is 0. The predicted molar refractivity (Wildman–Crippen MR) is 134 cm³/mol. The molecule has 0 unspecified atom stereocenters. The van der Waals surface area contributed by atoms with Crippen LogP contribution in [0.5, 0.6) is 0 Å². The van der Waals surface area contributed by atoms with Crippen LogP contribution in [0.25, 0.3) is 5.69 Å². The highest BCUT2D eigenvalue weighted by molar-refractivity contribution is 7.99. The molecule has 0 saturated heterocycles. The smallest absolute Gasteiger partial charge is 0.230 e. The minimum absolute atomic E-state index is 0.0613. The van der Waals surface area contributed by atoms with E-state index in [1.165, 1.54) is 17.3 Å². The summed E-state index contributed by atoms with van der Waals surface area (Å²) in [6.07, 6.45) is 0. The Bertz CT molecular complexity index is 1190. The number of amides is 1. The van der Waals surface area contributed by atoms with Gasteiger partial charge in [-0.2, -0.15) is 0 Å². The molecule has 0 aliphatic heterocycles. The molecule has 0 aliphatic rings. The number of thioether (sulfide) groups is 1. The molecule has 2 N–H and O–H groups in total. The van der Waals surface area contributed by atoms with Crippen molar-refractivity contribution in [2.75, 3.05) is 11.1 Å². The third-order valence-electron chi connectivity index (χ3n) is 4.95. The number of hydrogen-bond acceptors (Lipinski definition) is 5. The summed E-state index contributed by atoms with van der Waals surface area (Å²) >= 11 is 7.43. The summed E-state index contributed by atoms with van der Waals surface area (Å²) in [6.45, 7) is 3.04. The quantitative estimate of drug-likeness (QED) is 0.322. The Kier molecular flexibility index (Phi) is 7.65. The molecule has 0 saturated carbocycles. The number of rotatable bonds is 9. The van der Waals surface area contributed by atoms with E-state index in [1.54, 1.807) is 0 Å². The topological polar surface area (TPSA) is 71.8 Å². The summed E-state index contributed by atoms with van der Waals surface area (Å²) < 4.78 is 1.95. The van der Waals surface area contributed by atoms with E-state index in [2.05, 4.69) is 39.9 Å². The maximum Gasteiger partial charge on any atom is 0.230 e.